The number of anilines is 1. The highest BCUT2D eigenvalue weighted by atomic mass is 32.2. The van der Waals surface area contributed by atoms with E-state index < -0.39 is 10.0 Å². The molecule has 2 rings (SSSR count). The van der Waals surface area contributed by atoms with Crippen molar-refractivity contribution in [2.45, 2.75) is 30.8 Å². The number of piperidine rings is 1. The van der Waals surface area contributed by atoms with Crippen LogP contribution in [-0.4, -0.2) is 55.5 Å². The Labute approximate surface area is 119 Å². The molecule has 2 heterocycles. The molecule has 1 atom stereocenters. The maximum Gasteiger partial charge on any atom is 0.246 e. The highest BCUT2D eigenvalue weighted by Gasteiger charge is 2.30. The fourth-order valence-corrected chi connectivity index (χ4v) is 3.62. The molecule has 7 nitrogen and oxygen atoms in total. The summed E-state index contributed by atoms with van der Waals surface area (Å²) in [7, 11) is -1.86. The zero-order chi connectivity index (χ0) is 14.6. The molecule has 0 saturated carbocycles. The summed E-state index contributed by atoms with van der Waals surface area (Å²) in [6.07, 6.45) is 4.34. The van der Waals surface area contributed by atoms with E-state index in [1.165, 1.54) is 16.7 Å². The van der Waals surface area contributed by atoms with Crippen molar-refractivity contribution in [1.82, 2.24) is 14.3 Å². The molecule has 1 aromatic heterocycles. The first-order valence-electron chi connectivity index (χ1n) is 6.69. The summed E-state index contributed by atoms with van der Waals surface area (Å²) in [5.41, 5.74) is 0. The van der Waals surface area contributed by atoms with Crippen molar-refractivity contribution in [3.05, 3.63) is 12.4 Å². The minimum Gasteiger partial charge on any atom is -0.377 e. The molecular weight excluding hydrogens is 280 g/mol. The second-order valence-electron chi connectivity index (χ2n) is 4.58. The molecule has 0 spiro atoms. The summed E-state index contributed by atoms with van der Waals surface area (Å²) in [5.74, 6) is 0.398. The summed E-state index contributed by atoms with van der Waals surface area (Å²) in [5, 5.41) is 2.76. The van der Waals surface area contributed by atoms with Crippen LogP contribution in [0, 0.1) is 0 Å². The predicted molar refractivity (Wildman–Crippen MR) is 75.0 cm³/mol. The molecule has 1 aromatic rings. The van der Waals surface area contributed by atoms with Crippen molar-refractivity contribution < 1.29 is 13.2 Å². The van der Waals surface area contributed by atoms with Gasteiger partial charge in [-0.1, -0.05) is 0 Å². The lowest BCUT2D eigenvalue weighted by Gasteiger charge is -2.31. The van der Waals surface area contributed by atoms with Crippen molar-refractivity contribution in [1.29, 1.82) is 0 Å². The molecule has 1 fully saturated rings. The van der Waals surface area contributed by atoms with Gasteiger partial charge in [0.25, 0.3) is 0 Å². The lowest BCUT2D eigenvalue weighted by atomic mass is 10.1. The summed E-state index contributed by atoms with van der Waals surface area (Å²) in [6.45, 7) is 3.42. The van der Waals surface area contributed by atoms with Gasteiger partial charge in [-0.05, 0) is 19.8 Å². The van der Waals surface area contributed by atoms with Crippen LogP contribution in [0.2, 0.25) is 0 Å². The van der Waals surface area contributed by atoms with Crippen LogP contribution in [0.3, 0.4) is 0 Å². The Morgan fingerprint density at radius 2 is 2.15 bits per heavy atom. The zero-order valence-electron chi connectivity index (χ0n) is 11.7. The molecule has 8 heteroatoms. The molecular formula is C12H20N4O3S. The maximum absolute atomic E-state index is 12.5. The molecule has 0 amide bonds. The van der Waals surface area contributed by atoms with Gasteiger partial charge < -0.3 is 10.1 Å². The molecule has 1 unspecified atom stereocenters. The monoisotopic (exact) mass is 300 g/mol. The Hall–Kier alpha value is -1.25. The molecule has 1 aliphatic rings. The molecule has 20 heavy (non-hydrogen) atoms. The fourth-order valence-electron chi connectivity index (χ4n) is 2.22. The highest BCUT2D eigenvalue weighted by Crippen LogP contribution is 2.21. The van der Waals surface area contributed by atoms with Gasteiger partial charge in [-0.2, -0.15) is 4.31 Å². The van der Waals surface area contributed by atoms with Crippen LogP contribution in [0.1, 0.15) is 19.8 Å². The normalized spacial score (nSPS) is 20.8. The van der Waals surface area contributed by atoms with E-state index in [9.17, 15) is 8.42 Å². The minimum absolute atomic E-state index is 0.0268. The van der Waals surface area contributed by atoms with Crippen LogP contribution >= 0.6 is 0 Å². The largest absolute Gasteiger partial charge is 0.377 e. The SMILES string of the molecule is CCOC1CCCN(S(=O)(=O)c2cnc(NC)nc2)C1. The average molecular weight is 300 g/mol. The van der Waals surface area contributed by atoms with Gasteiger partial charge >= 0.3 is 0 Å². The third-order valence-corrected chi connectivity index (χ3v) is 5.05. The summed E-state index contributed by atoms with van der Waals surface area (Å²) in [6, 6.07) is 0. The van der Waals surface area contributed by atoms with Crippen molar-refractivity contribution in [3.8, 4) is 0 Å². The first kappa shape index (κ1) is 15.1. The Bertz CT molecular complexity index is 530. The van der Waals surface area contributed by atoms with E-state index >= 15 is 0 Å². The number of hydrogen-bond donors (Lipinski definition) is 1. The fraction of sp³-hybridized carbons (Fsp3) is 0.667. The van der Waals surface area contributed by atoms with Gasteiger partial charge in [0, 0.05) is 26.7 Å². The molecule has 1 aliphatic heterocycles. The van der Waals surface area contributed by atoms with Gasteiger partial charge in [0.15, 0.2) is 0 Å². The van der Waals surface area contributed by atoms with E-state index in [1.54, 1.807) is 7.05 Å². The number of ether oxygens (including phenoxy) is 1. The first-order chi connectivity index (χ1) is 9.57. The van der Waals surface area contributed by atoms with E-state index in [4.69, 9.17) is 4.74 Å². The average Bonchev–Trinajstić information content (AvgIpc) is 2.48. The Morgan fingerprint density at radius 1 is 1.45 bits per heavy atom. The second-order valence-corrected chi connectivity index (χ2v) is 6.51. The van der Waals surface area contributed by atoms with Crippen molar-refractivity contribution in [3.63, 3.8) is 0 Å². The predicted octanol–water partition coefficient (Wildman–Crippen LogP) is 0.708. The third kappa shape index (κ3) is 3.25. The van der Waals surface area contributed by atoms with Gasteiger partial charge in [0.1, 0.15) is 4.90 Å². The van der Waals surface area contributed by atoms with Gasteiger partial charge in [-0.25, -0.2) is 18.4 Å². The second kappa shape index (κ2) is 6.47. The van der Waals surface area contributed by atoms with E-state index in [1.807, 2.05) is 6.92 Å². The van der Waals surface area contributed by atoms with E-state index in [-0.39, 0.29) is 11.0 Å². The molecule has 0 aromatic carbocycles. The summed E-state index contributed by atoms with van der Waals surface area (Å²) >= 11 is 0. The van der Waals surface area contributed by atoms with Gasteiger partial charge in [-0.15, -0.1) is 0 Å². The standard InChI is InChI=1S/C12H20N4O3S/c1-3-19-10-5-4-6-16(9-10)20(17,18)11-7-14-12(13-2)15-8-11/h7-8,10H,3-6,9H2,1-2H3,(H,13,14,15). The van der Waals surface area contributed by atoms with Crippen LogP contribution in [0.15, 0.2) is 17.3 Å². The highest BCUT2D eigenvalue weighted by molar-refractivity contribution is 7.89. The van der Waals surface area contributed by atoms with E-state index in [0.29, 0.717) is 25.6 Å². The Balaban J connectivity index is 2.16. The number of rotatable bonds is 5. The number of hydrogen-bond acceptors (Lipinski definition) is 6. The molecule has 0 bridgehead atoms. The maximum atomic E-state index is 12.5. The number of aromatic nitrogens is 2. The van der Waals surface area contributed by atoms with Crippen molar-refractivity contribution in [2.75, 3.05) is 32.1 Å². The minimum atomic E-state index is -3.54. The smallest absolute Gasteiger partial charge is 0.246 e. The molecule has 1 N–H and O–H groups in total. The van der Waals surface area contributed by atoms with Gasteiger partial charge in [-0.3, -0.25) is 0 Å². The topological polar surface area (TPSA) is 84.4 Å². The molecule has 1 saturated heterocycles. The van der Waals surface area contributed by atoms with Crippen LogP contribution in [0.4, 0.5) is 5.95 Å². The number of sulfonamides is 1. The van der Waals surface area contributed by atoms with Crippen LogP contribution in [0.25, 0.3) is 0 Å². The van der Waals surface area contributed by atoms with Crippen molar-refractivity contribution >= 4 is 16.0 Å². The third-order valence-electron chi connectivity index (χ3n) is 3.23. The van der Waals surface area contributed by atoms with Crippen LogP contribution < -0.4 is 5.32 Å². The molecule has 0 aliphatic carbocycles. The Morgan fingerprint density at radius 3 is 2.75 bits per heavy atom. The van der Waals surface area contributed by atoms with Gasteiger partial charge in [0.05, 0.1) is 18.5 Å². The van der Waals surface area contributed by atoms with E-state index in [2.05, 4.69) is 15.3 Å². The lowest BCUT2D eigenvalue weighted by molar-refractivity contribution is 0.0265. The zero-order valence-corrected chi connectivity index (χ0v) is 12.6. The van der Waals surface area contributed by atoms with Crippen LogP contribution in [-0.2, 0) is 14.8 Å². The Kier molecular flexibility index (Phi) is 4.90. The van der Waals surface area contributed by atoms with Crippen LogP contribution in [0.5, 0.6) is 0 Å². The van der Waals surface area contributed by atoms with E-state index in [0.717, 1.165) is 12.8 Å². The molecule has 112 valence electrons. The number of nitrogens with one attached hydrogen (secondary N) is 1. The lowest BCUT2D eigenvalue weighted by Crippen LogP contribution is -2.43. The van der Waals surface area contributed by atoms with Crippen molar-refractivity contribution in [2.24, 2.45) is 0 Å². The molecule has 0 radical (unpaired) electrons. The summed E-state index contributed by atoms with van der Waals surface area (Å²) in [4.78, 5) is 8.03. The van der Waals surface area contributed by atoms with Gasteiger partial charge in [0.2, 0.25) is 16.0 Å². The quantitative estimate of drug-likeness (QED) is 0.862. The number of nitrogens with zero attached hydrogens (tertiary/aromatic N) is 3. The summed E-state index contributed by atoms with van der Waals surface area (Å²) < 4.78 is 32.0. The first-order valence-corrected chi connectivity index (χ1v) is 8.13.